The molecule has 34 heavy (non-hydrogen) atoms. The third-order valence-corrected chi connectivity index (χ3v) is 8.98. The van der Waals surface area contributed by atoms with Gasteiger partial charge in [0, 0.05) is 11.4 Å². The molecule has 1 heterocycles. The van der Waals surface area contributed by atoms with E-state index in [0.29, 0.717) is 6.42 Å². The van der Waals surface area contributed by atoms with Crippen molar-refractivity contribution in [3.8, 4) is 0 Å². The molecule has 0 bridgehead atoms. The first kappa shape index (κ1) is 23.4. The maximum Gasteiger partial charge on any atom is 0.242 e. The van der Waals surface area contributed by atoms with Crippen LogP contribution in [-0.4, -0.2) is 31.7 Å². The maximum atomic E-state index is 13.2. The SMILES string of the molecule is Cc1ccc(S(=O)(=O)N[C@H]2CCC[C@@H](N3c4ccccc4CCc4ccccc43)[C@@H]2O)c(Cl)c1. The number of sulfonamides is 1. The molecule has 2 aliphatic rings. The Morgan fingerprint density at radius 3 is 2.18 bits per heavy atom. The molecule has 5 nitrogen and oxygen atoms in total. The number of benzene rings is 3. The average molecular weight is 497 g/mol. The highest BCUT2D eigenvalue weighted by Gasteiger charge is 2.40. The molecule has 0 spiro atoms. The number of para-hydroxylation sites is 2. The fourth-order valence-corrected chi connectivity index (χ4v) is 7.21. The van der Waals surface area contributed by atoms with E-state index in [-0.39, 0.29) is 16.0 Å². The van der Waals surface area contributed by atoms with Gasteiger partial charge in [-0.25, -0.2) is 13.1 Å². The normalized spacial score (nSPS) is 22.6. The first-order valence-corrected chi connectivity index (χ1v) is 13.6. The zero-order valence-corrected chi connectivity index (χ0v) is 20.7. The van der Waals surface area contributed by atoms with Gasteiger partial charge in [-0.1, -0.05) is 54.1 Å². The quantitative estimate of drug-likeness (QED) is 0.524. The summed E-state index contributed by atoms with van der Waals surface area (Å²) in [4.78, 5) is 2.28. The van der Waals surface area contributed by atoms with Crippen LogP contribution < -0.4 is 9.62 Å². The molecule has 0 saturated heterocycles. The van der Waals surface area contributed by atoms with Crippen molar-refractivity contribution in [3.63, 3.8) is 0 Å². The van der Waals surface area contributed by atoms with Crippen LogP contribution >= 0.6 is 11.6 Å². The number of hydrogen-bond acceptors (Lipinski definition) is 4. The average Bonchev–Trinajstić information content (AvgIpc) is 2.97. The van der Waals surface area contributed by atoms with Gasteiger partial charge in [0.15, 0.2) is 0 Å². The highest BCUT2D eigenvalue weighted by molar-refractivity contribution is 7.89. The minimum Gasteiger partial charge on any atom is -0.389 e. The van der Waals surface area contributed by atoms with E-state index in [9.17, 15) is 13.5 Å². The minimum atomic E-state index is -3.88. The van der Waals surface area contributed by atoms with Crippen molar-refractivity contribution in [2.75, 3.05) is 4.90 Å². The Bertz CT molecular complexity index is 1260. The second kappa shape index (κ2) is 9.34. The van der Waals surface area contributed by atoms with E-state index >= 15 is 0 Å². The molecule has 0 radical (unpaired) electrons. The summed E-state index contributed by atoms with van der Waals surface area (Å²) in [5.74, 6) is 0. The Labute approximate surface area is 206 Å². The van der Waals surface area contributed by atoms with Crippen LogP contribution in [0.15, 0.2) is 71.6 Å². The summed E-state index contributed by atoms with van der Waals surface area (Å²) in [5, 5.41) is 11.7. The van der Waals surface area contributed by atoms with Crippen molar-refractivity contribution in [2.24, 2.45) is 0 Å². The molecule has 0 amide bonds. The molecule has 3 atom stereocenters. The molecular weight excluding hydrogens is 468 g/mol. The van der Waals surface area contributed by atoms with Gasteiger partial charge in [0.1, 0.15) is 4.90 Å². The van der Waals surface area contributed by atoms with E-state index in [1.807, 2.05) is 31.2 Å². The molecule has 3 aromatic rings. The Kier molecular flexibility index (Phi) is 6.42. The Balaban J connectivity index is 1.49. The van der Waals surface area contributed by atoms with E-state index in [0.717, 1.165) is 42.6 Å². The molecule has 1 saturated carbocycles. The van der Waals surface area contributed by atoms with Crippen molar-refractivity contribution in [2.45, 2.75) is 62.1 Å². The second-order valence-electron chi connectivity index (χ2n) is 9.28. The number of anilines is 2. The predicted octanol–water partition coefficient (Wildman–Crippen LogP) is 5.15. The number of fused-ring (bicyclic) bond motifs is 2. The molecule has 0 aromatic heterocycles. The molecule has 178 valence electrons. The Hall–Kier alpha value is -2.38. The number of hydrogen-bond donors (Lipinski definition) is 2. The van der Waals surface area contributed by atoms with Crippen LogP contribution in [0.2, 0.25) is 5.02 Å². The first-order chi connectivity index (χ1) is 16.3. The number of aliphatic hydroxyl groups excluding tert-OH is 1. The zero-order chi connectivity index (χ0) is 23.9. The monoisotopic (exact) mass is 496 g/mol. The Morgan fingerprint density at radius 1 is 0.941 bits per heavy atom. The van der Waals surface area contributed by atoms with Gasteiger partial charge in [-0.15, -0.1) is 0 Å². The summed E-state index contributed by atoms with van der Waals surface area (Å²) in [6.45, 7) is 1.86. The maximum absolute atomic E-state index is 13.2. The number of halogens is 1. The molecule has 3 aromatic carbocycles. The standard InChI is InChI=1S/C27H29ClN2O3S/c1-18-13-16-26(21(28)17-18)34(32,33)29-22-9-6-12-25(27(22)31)30-23-10-4-2-7-19(23)14-15-20-8-3-5-11-24(20)30/h2-5,7-8,10-11,13,16-17,22,25,27,29,31H,6,9,12,14-15H2,1H3/t22-,25+,27+/m0/s1. The van der Waals surface area contributed by atoms with Gasteiger partial charge in [-0.3, -0.25) is 0 Å². The van der Waals surface area contributed by atoms with Crippen LogP contribution in [0.3, 0.4) is 0 Å². The van der Waals surface area contributed by atoms with Crippen molar-refractivity contribution >= 4 is 33.0 Å². The van der Waals surface area contributed by atoms with E-state index in [2.05, 4.69) is 33.9 Å². The summed E-state index contributed by atoms with van der Waals surface area (Å²) >= 11 is 6.26. The topological polar surface area (TPSA) is 69.6 Å². The Morgan fingerprint density at radius 2 is 1.56 bits per heavy atom. The summed E-state index contributed by atoms with van der Waals surface area (Å²) in [7, 11) is -3.88. The fraction of sp³-hybridized carbons (Fsp3) is 0.333. The van der Waals surface area contributed by atoms with Crippen molar-refractivity contribution in [3.05, 3.63) is 88.4 Å². The van der Waals surface area contributed by atoms with E-state index < -0.39 is 22.2 Å². The molecular formula is C27H29ClN2O3S. The number of nitrogens with zero attached hydrogens (tertiary/aromatic N) is 1. The lowest BCUT2D eigenvalue weighted by atomic mass is 9.86. The molecule has 1 aliphatic carbocycles. The predicted molar refractivity (Wildman–Crippen MR) is 136 cm³/mol. The number of aryl methyl sites for hydroxylation is 3. The van der Waals surface area contributed by atoms with Gasteiger partial charge in [0.25, 0.3) is 0 Å². The van der Waals surface area contributed by atoms with Crippen LogP contribution in [0.1, 0.15) is 36.0 Å². The third kappa shape index (κ3) is 4.36. The minimum absolute atomic E-state index is 0.0413. The zero-order valence-electron chi connectivity index (χ0n) is 19.1. The number of aliphatic hydroxyl groups is 1. The molecule has 7 heteroatoms. The number of nitrogens with one attached hydrogen (secondary N) is 1. The number of rotatable bonds is 4. The van der Waals surface area contributed by atoms with Gasteiger partial charge >= 0.3 is 0 Å². The van der Waals surface area contributed by atoms with Gasteiger partial charge in [0.05, 0.1) is 23.2 Å². The molecule has 2 N–H and O–H groups in total. The lowest BCUT2D eigenvalue weighted by Gasteiger charge is -2.43. The van der Waals surface area contributed by atoms with Crippen LogP contribution in [0.4, 0.5) is 11.4 Å². The lowest BCUT2D eigenvalue weighted by molar-refractivity contribution is 0.0812. The van der Waals surface area contributed by atoms with Crippen molar-refractivity contribution in [1.82, 2.24) is 4.72 Å². The molecule has 5 rings (SSSR count). The van der Waals surface area contributed by atoms with Crippen LogP contribution in [0.5, 0.6) is 0 Å². The van der Waals surface area contributed by atoms with Gasteiger partial charge in [-0.05, 0) is 80.0 Å². The first-order valence-electron chi connectivity index (χ1n) is 11.8. The van der Waals surface area contributed by atoms with Crippen LogP contribution in [-0.2, 0) is 22.9 Å². The van der Waals surface area contributed by atoms with Gasteiger partial charge in [0.2, 0.25) is 10.0 Å². The fourth-order valence-electron chi connectivity index (χ4n) is 5.32. The summed E-state index contributed by atoms with van der Waals surface area (Å²) in [5.41, 5.74) is 5.53. The van der Waals surface area contributed by atoms with E-state index in [1.165, 1.54) is 17.2 Å². The van der Waals surface area contributed by atoms with Gasteiger partial charge < -0.3 is 10.0 Å². The molecule has 1 aliphatic heterocycles. The lowest BCUT2D eigenvalue weighted by Crippen LogP contribution is -2.55. The second-order valence-corrected chi connectivity index (χ2v) is 11.4. The van der Waals surface area contributed by atoms with Crippen molar-refractivity contribution < 1.29 is 13.5 Å². The van der Waals surface area contributed by atoms with Crippen molar-refractivity contribution in [1.29, 1.82) is 0 Å². The van der Waals surface area contributed by atoms with E-state index in [4.69, 9.17) is 11.6 Å². The molecule has 0 unspecified atom stereocenters. The smallest absolute Gasteiger partial charge is 0.242 e. The summed E-state index contributed by atoms with van der Waals surface area (Å²) in [6, 6.07) is 20.7. The van der Waals surface area contributed by atoms with Crippen LogP contribution in [0, 0.1) is 6.92 Å². The molecule has 1 fully saturated rings. The van der Waals surface area contributed by atoms with Gasteiger partial charge in [-0.2, -0.15) is 0 Å². The largest absolute Gasteiger partial charge is 0.389 e. The summed E-state index contributed by atoms with van der Waals surface area (Å²) < 4.78 is 29.2. The van der Waals surface area contributed by atoms with Crippen LogP contribution in [0.25, 0.3) is 0 Å². The third-order valence-electron chi connectivity index (χ3n) is 7.00. The van der Waals surface area contributed by atoms with E-state index in [1.54, 1.807) is 12.1 Å². The highest BCUT2D eigenvalue weighted by atomic mass is 35.5. The highest BCUT2D eigenvalue weighted by Crippen LogP contribution is 2.41. The summed E-state index contributed by atoms with van der Waals surface area (Å²) in [6.07, 6.45) is 3.11.